The maximum Gasteiger partial charge on any atom is 0.252 e. The van der Waals surface area contributed by atoms with Crippen molar-refractivity contribution in [1.82, 2.24) is 9.88 Å². The third-order valence-corrected chi connectivity index (χ3v) is 6.85. The van der Waals surface area contributed by atoms with Gasteiger partial charge in [-0.05, 0) is 55.9 Å². The van der Waals surface area contributed by atoms with Crippen molar-refractivity contribution in [3.8, 4) is 23.0 Å². The Morgan fingerprint density at radius 2 is 1.65 bits per heavy atom. The molecule has 202 valence electrons. The van der Waals surface area contributed by atoms with Gasteiger partial charge in [-0.15, -0.1) is 12.4 Å². The predicted octanol–water partition coefficient (Wildman–Crippen LogP) is 5.53. The number of ether oxygens (including phenoxy) is 4. The lowest BCUT2D eigenvalue weighted by atomic mass is 10.1. The normalized spacial score (nSPS) is 11.0. The fourth-order valence-electron chi connectivity index (χ4n) is 3.84. The van der Waals surface area contributed by atoms with Crippen LogP contribution in [-0.2, 0) is 4.79 Å². The quantitative estimate of drug-likeness (QED) is 0.259. The van der Waals surface area contributed by atoms with Crippen molar-refractivity contribution in [3.63, 3.8) is 0 Å². The molecule has 0 atom stereocenters. The summed E-state index contributed by atoms with van der Waals surface area (Å²) in [4.78, 5) is 22.3. The van der Waals surface area contributed by atoms with Crippen molar-refractivity contribution in [2.45, 2.75) is 20.8 Å². The van der Waals surface area contributed by atoms with E-state index in [1.54, 1.807) is 50.5 Å². The molecule has 0 saturated heterocycles. The zero-order valence-electron chi connectivity index (χ0n) is 22.3. The number of amides is 1. The number of rotatable bonds is 13. The Morgan fingerprint density at radius 1 is 0.973 bits per heavy atom. The van der Waals surface area contributed by atoms with E-state index in [-0.39, 0.29) is 18.3 Å². The average molecular weight is 550 g/mol. The Labute approximate surface area is 229 Å². The van der Waals surface area contributed by atoms with Gasteiger partial charge < -0.3 is 23.8 Å². The maximum atomic E-state index is 13.5. The van der Waals surface area contributed by atoms with Gasteiger partial charge in [0.2, 0.25) is 5.75 Å². The van der Waals surface area contributed by atoms with Crippen LogP contribution in [0.5, 0.6) is 23.0 Å². The molecule has 0 radical (unpaired) electrons. The minimum absolute atomic E-state index is 0. The second-order valence-electron chi connectivity index (χ2n) is 7.84. The first-order valence-electron chi connectivity index (χ1n) is 12.0. The zero-order valence-corrected chi connectivity index (χ0v) is 23.9. The Morgan fingerprint density at radius 3 is 2.22 bits per heavy atom. The molecule has 0 spiro atoms. The topological polar surface area (TPSA) is 73.4 Å². The highest BCUT2D eigenvalue weighted by atomic mass is 35.5. The molecule has 3 aromatic rings. The van der Waals surface area contributed by atoms with Gasteiger partial charge in [0.15, 0.2) is 16.6 Å². The molecule has 2 aromatic carbocycles. The second kappa shape index (κ2) is 14.7. The second-order valence-corrected chi connectivity index (χ2v) is 8.85. The smallest absolute Gasteiger partial charge is 0.252 e. The number of thiazole rings is 1. The summed E-state index contributed by atoms with van der Waals surface area (Å²) in [5.41, 5.74) is 1.53. The number of benzene rings is 2. The highest BCUT2D eigenvalue weighted by Crippen LogP contribution is 2.39. The van der Waals surface area contributed by atoms with E-state index in [1.807, 2.05) is 25.1 Å². The van der Waals surface area contributed by atoms with Crippen LogP contribution in [0.25, 0.3) is 16.3 Å². The molecule has 37 heavy (non-hydrogen) atoms. The Hall–Kier alpha value is -3.01. The Bertz CT molecular complexity index is 1170. The molecular formula is C27H36ClN3O5S. The number of carbonyl (C=O) groups excluding carboxylic acids is 1. The molecule has 3 rings (SSSR count). The highest BCUT2D eigenvalue weighted by Gasteiger charge is 2.20. The van der Waals surface area contributed by atoms with Gasteiger partial charge >= 0.3 is 0 Å². The number of carbonyl (C=O) groups is 1. The fraction of sp³-hybridized carbons (Fsp3) is 0.407. The van der Waals surface area contributed by atoms with Crippen LogP contribution < -0.4 is 23.8 Å². The van der Waals surface area contributed by atoms with E-state index in [1.165, 1.54) is 11.3 Å². The van der Waals surface area contributed by atoms with Crippen molar-refractivity contribution in [2.24, 2.45) is 0 Å². The first kappa shape index (κ1) is 30.2. The molecule has 0 bridgehead atoms. The number of anilines is 1. The van der Waals surface area contributed by atoms with Gasteiger partial charge in [-0.2, -0.15) is 0 Å². The molecule has 0 aliphatic heterocycles. The summed E-state index contributed by atoms with van der Waals surface area (Å²) in [6.45, 7) is 9.81. The lowest BCUT2D eigenvalue weighted by Crippen LogP contribution is -2.38. The SMILES string of the molecule is CCOc1cccc2sc(N(CCN(CC)CC)C(=O)C=Cc3cc(OC)c(OC)c(OC)c3)nc12.Cl. The van der Waals surface area contributed by atoms with Gasteiger partial charge in [0, 0.05) is 19.2 Å². The summed E-state index contributed by atoms with van der Waals surface area (Å²) in [7, 11) is 4.69. The number of methoxy groups -OCH3 is 3. The van der Waals surface area contributed by atoms with E-state index in [0.29, 0.717) is 35.5 Å². The van der Waals surface area contributed by atoms with Crippen LogP contribution in [0.3, 0.4) is 0 Å². The van der Waals surface area contributed by atoms with Gasteiger partial charge in [-0.1, -0.05) is 31.3 Å². The molecule has 1 aromatic heterocycles. The van der Waals surface area contributed by atoms with Gasteiger partial charge in [0.25, 0.3) is 5.91 Å². The minimum atomic E-state index is -0.159. The van der Waals surface area contributed by atoms with Crippen molar-refractivity contribution >= 4 is 51.1 Å². The summed E-state index contributed by atoms with van der Waals surface area (Å²) in [5, 5.41) is 0.642. The number of likely N-dealkylation sites (N-methyl/N-ethyl adjacent to an activating group) is 1. The fourth-order valence-corrected chi connectivity index (χ4v) is 4.85. The van der Waals surface area contributed by atoms with Gasteiger partial charge in [0.1, 0.15) is 11.3 Å². The monoisotopic (exact) mass is 549 g/mol. The lowest BCUT2D eigenvalue weighted by molar-refractivity contribution is -0.114. The molecule has 0 N–H and O–H groups in total. The van der Waals surface area contributed by atoms with Gasteiger partial charge in [-0.25, -0.2) is 4.98 Å². The number of hydrogen-bond acceptors (Lipinski definition) is 8. The van der Waals surface area contributed by atoms with Crippen LogP contribution in [0.2, 0.25) is 0 Å². The highest BCUT2D eigenvalue weighted by molar-refractivity contribution is 7.22. The van der Waals surface area contributed by atoms with Gasteiger partial charge in [-0.3, -0.25) is 9.69 Å². The van der Waals surface area contributed by atoms with Crippen LogP contribution in [0.4, 0.5) is 5.13 Å². The summed E-state index contributed by atoms with van der Waals surface area (Å²) < 4.78 is 23.0. The first-order chi connectivity index (χ1) is 17.5. The summed E-state index contributed by atoms with van der Waals surface area (Å²) in [5.74, 6) is 2.12. The Balaban J connectivity index is 0.00000481. The van der Waals surface area contributed by atoms with E-state index >= 15 is 0 Å². The molecule has 1 heterocycles. The molecule has 1 amide bonds. The third-order valence-electron chi connectivity index (χ3n) is 5.81. The van der Waals surface area contributed by atoms with E-state index in [9.17, 15) is 4.79 Å². The van der Waals surface area contributed by atoms with Crippen LogP contribution >= 0.6 is 23.7 Å². The van der Waals surface area contributed by atoms with Crippen molar-refractivity contribution < 1.29 is 23.7 Å². The van der Waals surface area contributed by atoms with Crippen LogP contribution in [0.1, 0.15) is 26.3 Å². The van der Waals surface area contributed by atoms with Gasteiger partial charge in [0.05, 0.1) is 32.6 Å². The molecule has 0 unspecified atom stereocenters. The molecule has 0 aliphatic rings. The summed E-state index contributed by atoms with van der Waals surface area (Å²) >= 11 is 1.48. The molecule has 8 nitrogen and oxygen atoms in total. The molecule has 0 saturated carbocycles. The van der Waals surface area contributed by atoms with Crippen molar-refractivity contribution in [2.75, 3.05) is 59.0 Å². The zero-order chi connectivity index (χ0) is 26.1. The summed E-state index contributed by atoms with van der Waals surface area (Å²) in [6.07, 6.45) is 3.30. The number of aromatic nitrogens is 1. The number of fused-ring (bicyclic) bond motifs is 1. The molecular weight excluding hydrogens is 514 g/mol. The van der Waals surface area contributed by atoms with E-state index < -0.39 is 0 Å². The largest absolute Gasteiger partial charge is 0.493 e. The maximum absolute atomic E-state index is 13.5. The van der Waals surface area contributed by atoms with Crippen molar-refractivity contribution in [3.05, 3.63) is 42.0 Å². The number of nitrogens with zero attached hydrogens (tertiary/aromatic N) is 3. The van der Waals surface area contributed by atoms with Crippen molar-refractivity contribution in [1.29, 1.82) is 0 Å². The summed E-state index contributed by atoms with van der Waals surface area (Å²) in [6, 6.07) is 9.45. The first-order valence-corrected chi connectivity index (χ1v) is 12.8. The van der Waals surface area contributed by atoms with E-state index in [4.69, 9.17) is 23.9 Å². The average Bonchev–Trinajstić information content (AvgIpc) is 3.34. The van der Waals surface area contributed by atoms with E-state index in [0.717, 1.165) is 41.2 Å². The molecule has 0 fully saturated rings. The van der Waals surface area contributed by atoms with Crippen LogP contribution in [0, 0.1) is 0 Å². The van der Waals surface area contributed by atoms with Crippen LogP contribution in [-0.4, -0.2) is 69.9 Å². The lowest BCUT2D eigenvalue weighted by Gasteiger charge is -2.23. The minimum Gasteiger partial charge on any atom is -0.493 e. The molecule has 10 heteroatoms. The molecule has 0 aliphatic carbocycles. The van der Waals surface area contributed by atoms with E-state index in [2.05, 4.69) is 18.7 Å². The Kier molecular flexibility index (Phi) is 12.0. The number of halogens is 1. The number of para-hydroxylation sites is 1. The number of hydrogen-bond donors (Lipinski definition) is 0. The van der Waals surface area contributed by atoms with Crippen LogP contribution in [0.15, 0.2) is 36.4 Å². The predicted molar refractivity (Wildman–Crippen MR) is 153 cm³/mol. The third kappa shape index (κ3) is 7.28. The standard InChI is InChI=1S/C27H35N3O5S.ClH/c1-7-29(8-2)15-16-30(27-28-25-20(35-9-3)11-10-12-23(25)36-27)24(31)14-13-19-17-21(32-4)26(34-6)22(18-19)33-5;/h10-14,17-18H,7-9,15-16H2,1-6H3;1H.